The van der Waals surface area contributed by atoms with Crippen molar-refractivity contribution in [1.29, 1.82) is 0 Å². The number of rotatable bonds is 8. The van der Waals surface area contributed by atoms with E-state index in [9.17, 15) is 19.2 Å². The number of hydrogen-bond acceptors (Lipinski definition) is 4. The van der Waals surface area contributed by atoms with Gasteiger partial charge in [0.2, 0.25) is 0 Å². The molecule has 0 aromatic heterocycles. The summed E-state index contributed by atoms with van der Waals surface area (Å²) >= 11 is 0. The van der Waals surface area contributed by atoms with Crippen molar-refractivity contribution >= 4 is 24.1 Å². The number of aldehydes is 1. The number of carbonyl (C=O) groups is 4. The van der Waals surface area contributed by atoms with Crippen LogP contribution < -0.4 is 11.1 Å². The largest absolute Gasteiger partial charge is 0.481 e. The Morgan fingerprint density at radius 2 is 1.88 bits per heavy atom. The van der Waals surface area contributed by atoms with Crippen LogP contribution in [0.4, 0.5) is 0 Å². The predicted octanol–water partition coefficient (Wildman–Crippen LogP) is -2.38. The Bertz CT molecular complexity index is 317. The van der Waals surface area contributed by atoms with Gasteiger partial charge in [-0.05, 0) is 0 Å². The van der Waals surface area contributed by atoms with Crippen molar-refractivity contribution in [3.8, 4) is 0 Å². The minimum atomic E-state index is -1.49. The van der Waals surface area contributed by atoms with Crippen LogP contribution in [0.2, 0.25) is 0 Å². The molecule has 0 fully saturated rings. The molecule has 0 aromatic carbocycles. The second-order valence-electron chi connectivity index (χ2n) is 3.44. The number of carboxylic acid groups (broad SMARTS) is 2. The molecule has 0 heterocycles. The summed E-state index contributed by atoms with van der Waals surface area (Å²) in [5.74, 6) is -3.44. The zero-order valence-corrected chi connectivity index (χ0v) is 9.09. The second-order valence-corrected chi connectivity index (χ2v) is 3.44. The molecule has 0 aromatic rings. The fraction of sp³-hybridized carbons (Fsp3) is 0.556. The van der Waals surface area contributed by atoms with Crippen LogP contribution in [0.15, 0.2) is 0 Å². The molecule has 96 valence electrons. The van der Waals surface area contributed by atoms with Crippen molar-refractivity contribution in [3.63, 3.8) is 0 Å². The van der Waals surface area contributed by atoms with Gasteiger partial charge in [0, 0.05) is 12.8 Å². The quantitative estimate of drug-likeness (QED) is 0.352. The lowest BCUT2D eigenvalue weighted by molar-refractivity contribution is -0.404. The summed E-state index contributed by atoms with van der Waals surface area (Å²) in [5, 5.41) is 19.2. The highest BCUT2D eigenvalue weighted by Crippen LogP contribution is 1.96. The lowest BCUT2D eigenvalue weighted by Crippen LogP contribution is -2.68. The summed E-state index contributed by atoms with van der Waals surface area (Å²) in [5.41, 5.74) is 3.46. The number of carbonyl (C=O) groups excluding carboxylic acids is 2. The van der Waals surface area contributed by atoms with Crippen molar-refractivity contribution < 1.29 is 35.1 Å². The molecule has 0 radical (unpaired) electrons. The lowest BCUT2D eigenvalue weighted by Gasteiger charge is -2.14. The van der Waals surface area contributed by atoms with E-state index in [0.29, 0.717) is 6.29 Å². The molecule has 17 heavy (non-hydrogen) atoms. The normalized spacial score (nSPS) is 13.5. The van der Waals surface area contributed by atoms with Gasteiger partial charge in [-0.3, -0.25) is 9.59 Å². The average molecular weight is 247 g/mol. The standard InChI is InChI=1S/C9H14N2O6/c10-5(2-1-3-12)8(15)11-6(9(16)17)4-7(13)14/h3,5-6H,1-2,4,10H2,(H,11,15)(H,13,14)(H,16,17)/p+1/t5-,6?/m0/s1. The molecule has 1 unspecified atom stereocenters. The Kier molecular flexibility index (Phi) is 6.49. The van der Waals surface area contributed by atoms with E-state index < -0.39 is 36.4 Å². The van der Waals surface area contributed by atoms with Gasteiger partial charge in [-0.1, -0.05) is 0 Å². The van der Waals surface area contributed by atoms with E-state index in [1.54, 1.807) is 0 Å². The van der Waals surface area contributed by atoms with Gasteiger partial charge >= 0.3 is 11.9 Å². The highest BCUT2D eigenvalue weighted by atomic mass is 16.4. The van der Waals surface area contributed by atoms with Gasteiger partial charge in [-0.2, -0.15) is 0 Å². The van der Waals surface area contributed by atoms with E-state index in [4.69, 9.17) is 10.2 Å². The Hall–Kier alpha value is -1.96. The maximum absolute atomic E-state index is 11.4. The molecule has 0 rings (SSSR count). The Labute approximate surface area is 96.8 Å². The zero-order valence-electron chi connectivity index (χ0n) is 9.09. The van der Waals surface area contributed by atoms with Crippen LogP contribution in [-0.2, 0) is 19.2 Å². The molecule has 8 nitrogen and oxygen atoms in total. The first-order valence-electron chi connectivity index (χ1n) is 4.90. The van der Waals surface area contributed by atoms with Gasteiger partial charge < -0.3 is 26.1 Å². The fourth-order valence-electron chi connectivity index (χ4n) is 1.06. The van der Waals surface area contributed by atoms with Crippen molar-refractivity contribution in [3.05, 3.63) is 0 Å². The highest BCUT2D eigenvalue weighted by Gasteiger charge is 2.26. The Balaban J connectivity index is 4.34. The van der Waals surface area contributed by atoms with E-state index >= 15 is 0 Å². The molecular weight excluding hydrogens is 232 g/mol. The zero-order chi connectivity index (χ0) is 13.4. The van der Waals surface area contributed by atoms with Crippen LogP contribution in [0.3, 0.4) is 0 Å². The molecule has 1 amide bonds. The molecule has 6 N–H and O–H groups in total. The third kappa shape index (κ3) is 6.25. The maximum atomic E-state index is 11.4. The van der Waals surface area contributed by atoms with Crippen molar-refractivity contribution in [1.82, 2.24) is 5.32 Å². The van der Waals surface area contributed by atoms with E-state index in [0.717, 1.165) is 0 Å². The summed E-state index contributed by atoms with van der Waals surface area (Å²) in [6.45, 7) is 0. The third-order valence-electron chi connectivity index (χ3n) is 2.00. The van der Waals surface area contributed by atoms with Crippen molar-refractivity contribution in [2.75, 3.05) is 0 Å². The molecule has 0 aliphatic carbocycles. The number of carboxylic acids is 2. The monoisotopic (exact) mass is 247 g/mol. The number of quaternary nitrogens is 1. The minimum Gasteiger partial charge on any atom is -0.481 e. The molecule has 0 saturated carbocycles. The van der Waals surface area contributed by atoms with Gasteiger partial charge in [0.05, 0.1) is 6.42 Å². The minimum absolute atomic E-state index is 0.137. The molecule has 0 saturated heterocycles. The lowest BCUT2D eigenvalue weighted by atomic mass is 10.1. The highest BCUT2D eigenvalue weighted by molar-refractivity contribution is 5.88. The predicted molar refractivity (Wildman–Crippen MR) is 53.8 cm³/mol. The van der Waals surface area contributed by atoms with Crippen molar-refractivity contribution in [2.24, 2.45) is 0 Å². The smallest absolute Gasteiger partial charge is 0.326 e. The van der Waals surface area contributed by atoms with Gasteiger partial charge in [0.1, 0.15) is 12.3 Å². The second kappa shape index (κ2) is 7.34. The number of nitrogens with one attached hydrogen (secondary N) is 1. The van der Waals surface area contributed by atoms with Gasteiger partial charge in [0.25, 0.3) is 5.91 Å². The summed E-state index contributed by atoms with van der Waals surface area (Å²) < 4.78 is 0. The van der Waals surface area contributed by atoms with Crippen LogP contribution in [-0.4, -0.2) is 46.4 Å². The van der Waals surface area contributed by atoms with Gasteiger partial charge in [-0.15, -0.1) is 0 Å². The number of hydrogen-bond donors (Lipinski definition) is 4. The molecule has 2 atom stereocenters. The molecular formula is C9H15N2O6+. The third-order valence-corrected chi connectivity index (χ3v) is 2.00. The first-order chi connectivity index (χ1) is 7.88. The van der Waals surface area contributed by atoms with Crippen LogP contribution in [0.5, 0.6) is 0 Å². The van der Waals surface area contributed by atoms with E-state index in [2.05, 4.69) is 11.1 Å². The molecule has 0 aliphatic rings. The van der Waals surface area contributed by atoms with Gasteiger partial charge in [-0.25, -0.2) is 4.79 Å². The molecule has 0 bridgehead atoms. The molecule has 0 aliphatic heterocycles. The maximum Gasteiger partial charge on any atom is 0.326 e. The van der Waals surface area contributed by atoms with E-state index in [1.807, 2.05) is 0 Å². The topological polar surface area (TPSA) is 148 Å². The number of amides is 1. The first-order valence-corrected chi connectivity index (χ1v) is 4.90. The first kappa shape index (κ1) is 15.0. The summed E-state index contributed by atoms with van der Waals surface area (Å²) in [6.07, 6.45) is 0.242. The van der Waals surface area contributed by atoms with Crippen LogP contribution in [0, 0.1) is 0 Å². The Morgan fingerprint density at radius 3 is 2.29 bits per heavy atom. The van der Waals surface area contributed by atoms with Crippen LogP contribution in [0.25, 0.3) is 0 Å². The van der Waals surface area contributed by atoms with Crippen molar-refractivity contribution in [2.45, 2.75) is 31.3 Å². The summed E-state index contributed by atoms with van der Waals surface area (Å²) in [4.78, 5) is 42.5. The number of aliphatic carboxylic acids is 2. The van der Waals surface area contributed by atoms with Crippen LogP contribution in [0.1, 0.15) is 19.3 Å². The van der Waals surface area contributed by atoms with E-state index in [-0.39, 0.29) is 12.8 Å². The fourth-order valence-corrected chi connectivity index (χ4v) is 1.06. The molecule has 8 heteroatoms. The summed E-state index contributed by atoms with van der Waals surface area (Å²) in [6, 6.07) is -2.27. The summed E-state index contributed by atoms with van der Waals surface area (Å²) in [7, 11) is 0. The average Bonchev–Trinajstić information content (AvgIpc) is 2.23. The Morgan fingerprint density at radius 1 is 1.29 bits per heavy atom. The van der Waals surface area contributed by atoms with Gasteiger partial charge in [0.15, 0.2) is 6.04 Å². The molecule has 0 spiro atoms. The SMILES string of the molecule is [NH3+][C@@H](CCC=O)C(=O)NC(CC(=O)O)C(=O)O. The van der Waals surface area contributed by atoms with Crippen LogP contribution >= 0.6 is 0 Å². The van der Waals surface area contributed by atoms with E-state index in [1.165, 1.54) is 0 Å².